The Morgan fingerprint density at radius 3 is 2.67 bits per heavy atom. The molecule has 0 aliphatic heterocycles. The van der Waals surface area contributed by atoms with Crippen LogP contribution in [-0.2, 0) is 4.74 Å². The van der Waals surface area contributed by atoms with E-state index in [4.69, 9.17) is 15.7 Å². The highest BCUT2D eigenvalue weighted by Gasteiger charge is 2.25. The molecule has 0 radical (unpaired) electrons. The number of carbonyl (C=O) groups is 1. The number of esters is 1. The van der Waals surface area contributed by atoms with E-state index in [0.717, 1.165) is 0 Å². The van der Waals surface area contributed by atoms with Gasteiger partial charge in [-0.2, -0.15) is 5.26 Å². The summed E-state index contributed by atoms with van der Waals surface area (Å²) in [5.41, 5.74) is 4.36. The minimum Gasteiger partial charge on any atom is -0.455 e. The van der Waals surface area contributed by atoms with E-state index in [0.29, 0.717) is 0 Å². The molecule has 1 aromatic heterocycles. The van der Waals surface area contributed by atoms with Gasteiger partial charge in [0.25, 0.3) is 0 Å². The van der Waals surface area contributed by atoms with Crippen molar-refractivity contribution in [2.45, 2.75) is 26.4 Å². The van der Waals surface area contributed by atoms with E-state index in [9.17, 15) is 4.79 Å². The first-order valence-electron chi connectivity index (χ1n) is 4.23. The third kappa shape index (κ3) is 2.47. The van der Waals surface area contributed by atoms with E-state index in [2.05, 4.69) is 9.68 Å². The fourth-order valence-electron chi connectivity index (χ4n) is 0.877. The number of aromatic nitrogens is 1. The molecule has 0 saturated heterocycles. The van der Waals surface area contributed by atoms with Gasteiger partial charge >= 0.3 is 5.97 Å². The predicted molar refractivity (Wildman–Crippen MR) is 50.8 cm³/mol. The van der Waals surface area contributed by atoms with Crippen molar-refractivity contribution in [3.05, 3.63) is 11.3 Å². The van der Waals surface area contributed by atoms with E-state index >= 15 is 0 Å². The summed E-state index contributed by atoms with van der Waals surface area (Å²) >= 11 is 0. The first-order chi connectivity index (χ1) is 6.85. The second-order valence-corrected chi connectivity index (χ2v) is 3.88. The van der Waals surface area contributed by atoms with Crippen LogP contribution in [0.1, 0.15) is 36.8 Å². The molecule has 0 fully saturated rings. The highest BCUT2D eigenvalue weighted by Crippen LogP contribution is 2.18. The molecule has 0 spiro atoms. The maximum Gasteiger partial charge on any atom is 0.362 e. The molecule has 0 aliphatic rings. The molecule has 15 heavy (non-hydrogen) atoms. The minimum atomic E-state index is -0.723. The molecule has 0 aromatic carbocycles. The van der Waals surface area contributed by atoms with E-state index in [1.54, 1.807) is 26.8 Å². The summed E-state index contributed by atoms with van der Waals surface area (Å²) in [6, 6.07) is 1.73. The van der Waals surface area contributed by atoms with Gasteiger partial charge in [0.15, 0.2) is 5.56 Å². The molecule has 0 atom stereocenters. The molecular formula is C9H11N3O3. The average molecular weight is 209 g/mol. The monoisotopic (exact) mass is 209 g/mol. The zero-order chi connectivity index (χ0) is 11.6. The Morgan fingerprint density at radius 1 is 1.60 bits per heavy atom. The minimum absolute atomic E-state index is 0.0933. The van der Waals surface area contributed by atoms with Crippen LogP contribution in [-0.4, -0.2) is 16.7 Å². The highest BCUT2D eigenvalue weighted by atomic mass is 16.6. The normalized spacial score (nSPS) is 10.8. The fraction of sp³-hybridized carbons (Fsp3) is 0.444. The SMILES string of the molecule is CC(C)(C)OC(=O)c1noc(N)c1C#N. The summed E-state index contributed by atoms with van der Waals surface area (Å²) in [5.74, 6) is -0.905. The number of hydrogen-bond donors (Lipinski definition) is 1. The summed E-state index contributed by atoms with van der Waals surface area (Å²) in [5, 5.41) is 12.1. The molecule has 0 saturated carbocycles. The predicted octanol–water partition coefficient (Wildman–Crippen LogP) is 1.08. The van der Waals surface area contributed by atoms with Crippen LogP contribution in [0.3, 0.4) is 0 Å². The Morgan fingerprint density at radius 2 is 2.20 bits per heavy atom. The quantitative estimate of drug-likeness (QED) is 0.694. The molecule has 1 rings (SSSR count). The highest BCUT2D eigenvalue weighted by molar-refractivity contribution is 5.91. The number of nitrogen functional groups attached to an aromatic ring is 1. The Labute approximate surface area is 86.6 Å². The fourth-order valence-corrected chi connectivity index (χ4v) is 0.877. The zero-order valence-electron chi connectivity index (χ0n) is 8.70. The molecule has 0 bridgehead atoms. The van der Waals surface area contributed by atoms with Crippen LogP contribution in [0.15, 0.2) is 4.52 Å². The molecule has 80 valence electrons. The van der Waals surface area contributed by atoms with Gasteiger partial charge in [-0.15, -0.1) is 0 Å². The molecule has 6 heteroatoms. The Hall–Kier alpha value is -2.03. The van der Waals surface area contributed by atoms with Gasteiger partial charge < -0.3 is 15.0 Å². The van der Waals surface area contributed by atoms with Crippen LogP contribution in [0.2, 0.25) is 0 Å². The van der Waals surface area contributed by atoms with Crippen molar-refractivity contribution < 1.29 is 14.1 Å². The van der Waals surface area contributed by atoms with Crippen LogP contribution < -0.4 is 5.73 Å². The van der Waals surface area contributed by atoms with Gasteiger partial charge in [-0.05, 0) is 20.8 Å². The van der Waals surface area contributed by atoms with Crippen molar-refractivity contribution in [1.82, 2.24) is 5.16 Å². The topological polar surface area (TPSA) is 102 Å². The number of nitriles is 1. The Balaban J connectivity index is 2.98. The van der Waals surface area contributed by atoms with Gasteiger partial charge in [0.2, 0.25) is 11.6 Å². The third-order valence-corrected chi connectivity index (χ3v) is 1.42. The van der Waals surface area contributed by atoms with Gasteiger partial charge in [-0.25, -0.2) is 4.79 Å². The number of hydrogen-bond acceptors (Lipinski definition) is 6. The lowest BCUT2D eigenvalue weighted by atomic mass is 10.2. The zero-order valence-corrected chi connectivity index (χ0v) is 8.70. The maximum absolute atomic E-state index is 11.5. The summed E-state index contributed by atoms with van der Waals surface area (Å²) in [6.45, 7) is 5.13. The van der Waals surface area contributed by atoms with Crippen molar-refractivity contribution in [3.8, 4) is 6.07 Å². The second kappa shape index (κ2) is 3.61. The lowest BCUT2D eigenvalue weighted by Gasteiger charge is -2.18. The number of nitrogens with two attached hydrogens (primary N) is 1. The van der Waals surface area contributed by atoms with Gasteiger partial charge in [0, 0.05) is 0 Å². The first-order valence-corrected chi connectivity index (χ1v) is 4.23. The van der Waals surface area contributed by atoms with Crippen molar-refractivity contribution in [2.24, 2.45) is 0 Å². The smallest absolute Gasteiger partial charge is 0.362 e. The van der Waals surface area contributed by atoms with Crippen LogP contribution in [0.25, 0.3) is 0 Å². The van der Waals surface area contributed by atoms with Crippen molar-refractivity contribution in [2.75, 3.05) is 5.73 Å². The van der Waals surface area contributed by atoms with Crippen LogP contribution >= 0.6 is 0 Å². The van der Waals surface area contributed by atoms with E-state index < -0.39 is 11.6 Å². The lowest BCUT2D eigenvalue weighted by molar-refractivity contribution is 0.00586. The number of carbonyl (C=O) groups excluding carboxylic acids is 1. The van der Waals surface area contributed by atoms with Crippen LogP contribution in [0, 0.1) is 11.3 Å². The average Bonchev–Trinajstić information content (AvgIpc) is 2.43. The second-order valence-electron chi connectivity index (χ2n) is 3.88. The summed E-state index contributed by atoms with van der Waals surface area (Å²) in [7, 11) is 0. The maximum atomic E-state index is 11.5. The third-order valence-electron chi connectivity index (χ3n) is 1.42. The van der Waals surface area contributed by atoms with Crippen LogP contribution in [0.4, 0.5) is 5.88 Å². The van der Waals surface area contributed by atoms with Crippen LogP contribution in [0.5, 0.6) is 0 Å². The van der Waals surface area contributed by atoms with Crippen molar-refractivity contribution in [3.63, 3.8) is 0 Å². The number of nitrogens with zero attached hydrogens (tertiary/aromatic N) is 2. The summed E-state index contributed by atoms with van der Waals surface area (Å²) in [4.78, 5) is 11.5. The summed E-state index contributed by atoms with van der Waals surface area (Å²) < 4.78 is 9.54. The molecule has 1 heterocycles. The molecule has 6 nitrogen and oxygen atoms in total. The number of anilines is 1. The van der Waals surface area contributed by atoms with Gasteiger partial charge in [-0.3, -0.25) is 0 Å². The summed E-state index contributed by atoms with van der Waals surface area (Å²) in [6.07, 6.45) is 0. The standard InChI is InChI=1S/C9H11N3O3/c1-9(2,3)14-8(13)6-5(4-10)7(11)15-12-6/h11H2,1-3H3. The molecule has 0 aliphatic carbocycles. The van der Waals surface area contributed by atoms with Crippen molar-refractivity contribution in [1.29, 1.82) is 5.26 Å². The molecule has 0 amide bonds. The Bertz CT molecular complexity index is 423. The molecule has 0 unspecified atom stereocenters. The number of ether oxygens (including phenoxy) is 1. The molecular weight excluding hydrogens is 198 g/mol. The molecule has 1 aromatic rings. The van der Waals surface area contributed by atoms with Crippen molar-refractivity contribution >= 4 is 11.9 Å². The Kier molecular flexibility index (Phi) is 2.66. The van der Waals surface area contributed by atoms with Gasteiger partial charge in [-0.1, -0.05) is 5.16 Å². The number of rotatable bonds is 1. The van der Waals surface area contributed by atoms with E-state index in [1.165, 1.54) is 0 Å². The lowest BCUT2D eigenvalue weighted by Crippen LogP contribution is -2.24. The molecule has 2 N–H and O–H groups in total. The van der Waals surface area contributed by atoms with E-state index in [-0.39, 0.29) is 17.1 Å². The van der Waals surface area contributed by atoms with Gasteiger partial charge in [0.05, 0.1) is 0 Å². The van der Waals surface area contributed by atoms with Gasteiger partial charge in [0.1, 0.15) is 11.7 Å². The van der Waals surface area contributed by atoms with E-state index in [1.807, 2.05) is 0 Å². The largest absolute Gasteiger partial charge is 0.455 e. The first kappa shape index (κ1) is 11.0.